The molecule has 2 fully saturated rings. The fraction of sp³-hybridized carbons (Fsp3) is 0.263. The lowest BCUT2D eigenvalue weighted by molar-refractivity contribution is 0.300. The third kappa shape index (κ3) is 4.99. The molecule has 59 heavy (non-hydrogen) atoms. The van der Waals surface area contributed by atoms with Crippen molar-refractivity contribution in [2.45, 2.75) is 76.5 Å². The van der Waals surface area contributed by atoms with Crippen LogP contribution in [0.2, 0.25) is 0 Å². The first-order valence-electron chi connectivity index (χ1n) is 22.2. The molecular weight excluding hydrogens is 715 g/mol. The van der Waals surface area contributed by atoms with Crippen LogP contribution in [-0.4, -0.2) is 0 Å². The van der Waals surface area contributed by atoms with E-state index in [2.05, 4.69) is 177 Å². The Bertz CT molecular complexity index is 2940. The van der Waals surface area contributed by atoms with Crippen LogP contribution in [-0.2, 0) is 10.8 Å². The van der Waals surface area contributed by atoms with Gasteiger partial charge in [-0.05, 0) is 131 Å². The van der Waals surface area contributed by atoms with Gasteiger partial charge >= 0.3 is 0 Å². The molecule has 1 heterocycles. The van der Waals surface area contributed by atoms with E-state index in [4.69, 9.17) is 4.42 Å². The SMILES string of the molecule is CC1C[C@@H](C)C[C@@]2(c3ccccc3-c3cc(N(c4ccc(-c5cccc6c5oc5ccccc56)cc4)c4cccc5c4-c4ccccc4C54CCCC4)ccc32)[C@@H](C)C1. The summed E-state index contributed by atoms with van der Waals surface area (Å²) in [5.74, 6) is 1.97. The van der Waals surface area contributed by atoms with E-state index >= 15 is 0 Å². The minimum absolute atomic E-state index is 0.0283. The van der Waals surface area contributed by atoms with E-state index in [9.17, 15) is 0 Å². The number of benzene rings is 7. The fourth-order valence-electron chi connectivity index (χ4n) is 13.1. The molecule has 0 saturated heterocycles. The van der Waals surface area contributed by atoms with Gasteiger partial charge in [-0.15, -0.1) is 0 Å². The minimum atomic E-state index is 0.0283. The van der Waals surface area contributed by atoms with Gasteiger partial charge in [-0.25, -0.2) is 0 Å². The molecule has 0 amide bonds. The highest BCUT2D eigenvalue weighted by Crippen LogP contribution is 2.62. The Morgan fingerprint density at radius 2 is 1.19 bits per heavy atom. The Morgan fingerprint density at radius 1 is 0.525 bits per heavy atom. The van der Waals surface area contributed by atoms with Crippen LogP contribution >= 0.6 is 0 Å². The summed E-state index contributed by atoms with van der Waals surface area (Å²) < 4.78 is 6.52. The molecule has 7 aromatic carbocycles. The summed E-state index contributed by atoms with van der Waals surface area (Å²) in [7, 11) is 0. The maximum Gasteiger partial charge on any atom is 0.143 e. The molecule has 0 N–H and O–H groups in total. The smallest absolute Gasteiger partial charge is 0.143 e. The third-order valence-corrected chi connectivity index (χ3v) is 15.3. The molecule has 2 spiro atoms. The molecule has 4 aliphatic rings. The Kier molecular flexibility index (Phi) is 7.78. The van der Waals surface area contributed by atoms with Crippen LogP contribution in [0.25, 0.3) is 55.3 Å². The van der Waals surface area contributed by atoms with Crippen molar-refractivity contribution in [3.8, 4) is 33.4 Å². The van der Waals surface area contributed by atoms with Crippen LogP contribution in [0.1, 0.15) is 88.0 Å². The van der Waals surface area contributed by atoms with Crippen LogP contribution < -0.4 is 4.90 Å². The first kappa shape index (κ1) is 35.1. The van der Waals surface area contributed by atoms with E-state index < -0.39 is 0 Å². The zero-order valence-electron chi connectivity index (χ0n) is 34.5. The van der Waals surface area contributed by atoms with Gasteiger partial charge in [-0.2, -0.15) is 0 Å². The summed E-state index contributed by atoms with van der Waals surface area (Å²) in [6.45, 7) is 7.51. The second-order valence-corrected chi connectivity index (χ2v) is 18.7. The van der Waals surface area contributed by atoms with E-state index in [1.807, 2.05) is 0 Å². The highest BCUT2D eigenvalue weighted by molar-refractivity contribution is 6.09. The predicted octanol–water partition coefficient (Wildman–Crippen LogP) is 15.9. The van der Waals surface area contributed by atoms with E-state index in [-0.39, 0.29) is 10.8 Å². The number of rotatable bonds is 4. The summed E-state index contributed by atoms with van der Waals surface area (Å²) in [5, 5.41) is 2.32. The lowest BCUT2D eigenvalue weighted by Gasteiger charge is -2.38. The molecule has 8 aromatic rings. The third-order valence-electron chi connectivity index (χ3n) is 15.3. The minimum Gasteiger partial charge on any atom is -0.455 e. The number of para-hydroxylation sites is 2. The Morgan fingerprint density at radius 3 is 2.03 bits per heavy atom. The van der Waals surface area contributed by atoms with E-state index in [1.165, 1.54) is 101 Å². The van der Waals surface area contributed by atoms with Crippen LogP contribution in [0.15, 0.2) is 156 Å². The van der Waals surface area contributed by atoms with Crippen LogP contribution in [0.4, 0.5) is 17.1 Å². The quantitative estimate of drug-likeness (QED) is 0.177. The maximum absolute atomic E-state index is 6.52. The lowest BCUT2D eigenvalue weighted by atomic mass is 9.65. The average molecular weight is 766 g/mol. The molecular formula is C57H51NO. The number of nitrogens with zero attached hydrogens (tertiary/aromatic N) is 1. The van der Waals surface area contributed by atoms with Crippen molar-refractivity contribution in [3.05, 3.63) is 174 Å². The van der Waals surface area contributed by atoms with E-state index in [1.54, 1.807) is 0 Å². The van der Waals surface area contributed by atoms with Gasteiger partial charge in [-0.1, -0.05) is 149 Å². The van der Waals surface area contributed by atoms with Crippen molar-refractivity contribution in [2.24, 2.45) is 17.8 Å². The fourth-order valence-corrected chi connectivity index (χ4v) is 13.1. The van der Waals surface area contributed by atoms with Gasteiger partial charge < -0.3 is 9.32 Å². The topological polar surface area (TPSA) is 16.4 Å². The second-order valence-electron chi connectivity index (χ2n) is 18.7. The first-order valence-corrected chi connectivity index (χ1v) is 22.2. The van der Waals surface area contributed by atoms with E-state index in [0.717, 1.165) is 44.7 Å². The van der Waals surface area contributed by atoms with Gasteiger partial charge in [0, 0.05) is 44.1 Å². The highest BCUT2D eigenvalue weighted by atomic mass is 16.3. The normalized spacial score (nSPS) is 22.4. The molecule has 2 heteroatoms. The van der Waals surface area contributed by atoms with Crippen LogP contribution in [0.5, 0.6) is 0 Å². The molecule has 2 saturated carbocycles. The molecule has 12 rings (SSSR count). The Labute approximate surface area is 348 Å². The van der Waals surface area contributed by atoms with Crippen LogP contribution in [0.3, 0.4) is 0 Å². The number of anilines is 3. The molecule has 4 aliphatic carbocycles. The monoisotopic (exact) mass is 765 g/mol. The number of furan rings is 1. The number of hydrogen-bond donors (Lipinski definition) is 0. The molecule has 290 valence electrons. The lowest BCUT2D eigenvalue weighted by Crippen LogP contribution is -2.34. The standard InChI is InChI=1S/C57H51NO/c1-36-32-37(2)35-57(38(3)33-36)49-20-8-4-14-43(49)47-34-41(28-29-50(47)57)58(52-22-13-21-51-54(52)46-16-5-7-19-48(46)56(51)30-10-11-31-56)40-26-24-39(25-27-40)42-17-12-18-45-44-15-6-9-23-53(44)59-55(42)45/h4-9,12-29,34,36-38H,10-11,30-33,35H2,1-3H3/t36?,37-,38+,57+/m1/s1. The summed E-state index contributed by atoms with van der Waals surface area (Å²) >= 11 is 0. The van der Waals surface area contributed by atoms with Gasteiger partial charge in [0.25, 0.3) is 0 Å². The zero-order valence-corrected chi connectivity index (χ0v) is 34.5. The van der Waals surface area contributed by atoms with Crippen molar-refractivity contribution in [3.63, 3.8) is 0 Å². The van der Waals surface area contributed by atoms with Crippen molar-refractivity contribution < 1.29 is 4.42 Å². The van der Waals surface area contributed by atoms with Gasteiger partial charge in [0.05, 0.1) is 5.69 Å². The molecule has 1 aromatic heterocycles. The molecule has 2 nitrogen and oxygen atoms in total. The van der Waals surface area contributed by atoms with Crippen molar-refractivity contribution in [1.82, 2.24) is 0 Å². The molecule has 4 atom stereocenters. The van der Waals surface area contributed by atoms with Crippen molar-refractivity contribution >= 4 is 39.0 Å². The summed E-state index contributed by atoms with van der Waals surface area (Å²) in [6.07, 6.45) is 8.77. The first-order chi connectivity index (χ1) is 28.9. The van der Waals surface area contributed by atoms with Gasteiger partial charge in [0.1, 0.15) is 11.2 Å². The largest absolute Gasteiger partial charge is 0.455 e. The zero-order chi connectivity index (χ0) is 39.5. The summed E-state index contributed by atoms with van der Waals surface area (Å²) in [5.41, 5.74) is 19.6. The molecule has 0 bridgehead atoms. The summed E-state index contributed by atoms with van der Waals surface area (Å²) in [4.78, 5) is 2.57. The summed E-state index contributed by atoms with van der Waals surface area (Å²) in [6, 6.07) is 57.6. The van der Waals surface area contributed by atoms with Gasteiger partial charge in [0.15, 0.2) is 0 Å². The predicted molar refractivity (Wildman–Crippen MR) is 246 cm³/mol. The Hall–Kier alpha value is -5.86. The average Bonchev–Trinajstić information content (AvgIpc) is 4.02. The van der Waals surface area contributed by atoms with Gasteiger partial charge in [-0.3, -0.25) is 0 Å². The van der Waals surface area contributed by atoms with E-state index in [0.29, 0.717) is 11.8 Å². The van der Waals surface area contributed by atoms with Crippen LogP contribution in [0, 0.1) is 17.8 Å². The second kappa shape index (κ2) is 13.1. The number of hydrogen-bond acceptors (Lipinski definition) is 2. The number of fused-ring (bicyclic) bond motifs is 13. The molecule has 0 radical (unpaired) electrons. The highest BCUT2D eigenvalue weighted by Gasteiger charge is 2.50. The Balaban J connectivity index is 1.06. The van der Waals surface area contributed by atoms with Crippen molar-refractivity contribution in [2.75, 3.05) is 4.90 Å². The van der Waals surface area contributed by atoms with Gasteiger partial charge in [0.2, 0.25) is 0 Å². The maximum atomic E-state index is 6.52. The molecule has 0 aliphatic heterocycles. The van der Waals surface area contributed by atoms with Crippen molar-refractivity contribution in [1.29, 1.82) is 0 Å². The molecule has 1 unspecified atom stereocenters.